The van der Waals surface area contributed by atoms with Gasteiger partial charge in [-0.15, -0.1) is 0 Å². The summed E-state index contributed by atoms with van der Waals surface area (Å²) in [5.41, 5.74) is 20.5. The maximum absolute atomic E-state index is 6.45. The molecule has 2 nitrogen and oxygen atoms in total. The summed E-state index contributed by atoms with van der Waals surface area (Å²) in [6, 6.07) is 64.6. The molecule has 0 saturated heterocycles. The lowest BCUT2D eigenvalue weighted by atomic mass is 9.81. The number of rotatable bonds is 5. The number of anilines is 3. The van der Waals surface area contributed by atoms with Gasteiger partial charge >= 0.3 is 0 Å². The van der Waals surface area contributed by atoms with Gasteiger partial charge in [0, 0.05) is 44.2 Å². The Hall–Kier alpha value is -6.64. The summed E-state index contributed by atoms with van der Waals surface area (Å²) < 4.78 is 6.45. The zero-order valence-electron chi connectivity index (χ0n) is 32.1. The molecule has 0 saturated carbocycles. The number of benzene rings is 8. The van der Waals surface area contributed by atoms with E-state index in [0.29, 0.717) is 0 Å². The van der Waals surface area contributed by atoms with Crippen molar-refractivity contribution in [3.05, 3.63) is 198 Å². The van der Waals surface area contributed by atoms with Gasteiger partial charge in [0.25, 0.3) is 0 Å². The second kappa shape index (κ2) is 11.9. The SMILES string of the molecule is CC1(C)c2ccccc2-c2ccc(N(c3ccc(-c4cccc5c4oc4ccccc45)cc3)c3ccc4c(c3)C(C)(C)c3cc(-c5ccccc5)ccc3-4)cc21. The van der Waals surface area contributed by atoms with Gasteiger partial charge in [-0.3, -0.25) is 0 Å². The Morgan fingerprint density at radius 3 is 1.61 bits per heavy atom. The van der Waals surface area contributed by atoms with Crippen LogP contribution in [0.25, 0.3) is 66.4 Å². The molecule has 0 fully saturated rings. The van der Waals surface area contributed by atoms with Gasteiger partial charge in [0.05, 0.1) is 0 Å². The molecule has 1 heterocycles. The monoisotopic (exact) mass is 719 g/mol. The molecule has 0 atom stereocenters. The normalized spacial score (nSPS) is 14.4. The lowest BCUT2D eigenvalue weighted by molar-refractivity contribution is 0.660. The van der Waals surface area contributed by atoms with Crippen molar-refractivity contribution in [1.82, 2.24) is 0 Å². The third-order valence-corrected chi connectivity index (χ3v) is 12.7. The van der Waals surface area contributed by atoms with Crippen LogP contribution in [0, 0.1) is 0 Å². The summed E-state index contributed by atoms with van der Waals surface area (Å²) in [5, 5.41) is 2.29. The van der Waals surface area contributed by atoms with Gasteiger partial charge in [-0.1, -0.05) is 155 Å². The van der Waals surface area contributed by atoms with Crippen LogP contribution in [0.15, 0.2) is 180 Å². The first-order valence-electron chi connectivity index (χ1n) is 19.7. The molecule has 56 heavy (non-hydrogen) atoms. The fraction of sp³-hybridized carbons (Fsp3) is 0.111. The van der Waals surface area contributed by atoms with Gasteiger partial charge in [0.15, 0.2) is 0 Å². The summed E-state index contributed by atoms with van der Waals surface area (Å²) in [6.07, 6.45) is 0. The number of hydrogen-bond acceptors (Lipinski definition) is 2. The zero-order chi connectivity index (χ0) is 37.8. The molecule has 0 radical (unpaired) electrons. The molecule has 268 valence electrons. The van der Waals surface area contributed by atoms with Crippen LogP contribution in [0.1, 0.15) is 49.9 Å². The summed E-state index contributed by atoms with van der Waals surface area (Å²) >= 11 is 0. The van der Waals surface area contributed by atoms with Crippen molar-refractivity contribution in [2.75, 3.05) is 4.90 Å². The smallest absolute Gasteiger partial charge is 0.143 e. The second-order valence-electron chi connectivity index (χ2n) is 16.5. The van der Waals surface area contributed by atoms with Crippen molar-refractivity contribution in [3.8, 4) is 44.5 Å². The highest BCUT2D eigenvalue weighted by atomic mass is 16.3. The summed E-state index contributed by atoms with van der Waals surface area (Å²) in [4.78, 5) is 2.44. The topological polar surface area (TPSA) is 16.4 Å². The number of furan rings is 1. The van der Waals surface area contributed by atoms with Gasteiger partial charge in [0.2, 0.25) is 0 Å². The summed E-state index contributed by atoms with van der Waals surface area (Å²) in [5.74, 6) is 0. The van der Waals surface area contributed by atoms with Crippen molar-refractivity contribution in [3.63, 3.8) is 0 Å². The van der Waals surface area contributed by atoms with Crippen molar-refractivity contribution in [2.24, 2.45) is 0 Å². The molecule has 2 aliphatic rings. The number of fused-ring (bicyclic) bond motifs is 9. The van der Waals surface area contributed by atoms with Crippen LogP contribution in [-0.2, 0) is 10.8 Å². The molecule has 0 amide bonds. The molecule has 0 aliphatic heterocycles. The van der Waals surface area contributed by atoms with E-state index in [-0.39, 0.29) is 10.8 Å². The fourth-order valence-corrected chi connectivity index (χ4v) is 9.72. The molecule has 0 spiro atoms. The minimum Gasteiger partial charge on any atom is -0.455 e. The fourth-order valence-electron chi connectivity index (χ4n) is 9.72. The van der Waals surface area contributed by atoms with E-state index in [2.05, 4.69) is 202 Å². The Labute approximate surface area is 328 Å². The van der Waals surface area contributed by atoms with Crippen LogP contribution >= 0.6 is 0 Å². The lowest BCUT2D eigenvalue weighted by Crippen LogP contribution is -2.18. The van der Waals surface area contributed by atoms with E-state index < -0.39 is 0 Å². The minimum atomic E-state index is -0.173. The highest BCUT2D eigenvalue weighted by Gasteiger charge is 2.38. The van der Waals surface area contributed by atoms with Gasteiger partial charge in [-0.25, -0.2) is 0 Å². The average Bonchev–Trinajstić information content (AvgIpc) is 3.81. The van der Waals surface area contributed by atoms with Gasteiger partial charge < -0.3 is 9.32 Å². The minimum absolute atomic E-state index is 0.110. The maximum Gasteiger partial charge on any atom is 0.143 e. The molecule has 0 N–H and O–H groups in total. The first-order chi connectivity index (χ1) is 27.3. The van der Waals surface area contributed by atoms with Crippen LogP contribution in [0.3, 0.4) is 0 Å². The standard InChI is InChI=1S/C54H41NO/c1-53(2)47-19-10-8-15-41(47)43-29-26-38(32-49(43)53)55(37-24-21-35(22-25-37)40-17-12-18-46-45-16-9-11-20-51(45)56-52(40)46)39-27-30-44-42-28-23-36(34-13-6-5-7-14-34)31-48(42)54(3,4)50(44)33-39/h5-33H,1-4H3. The highest BCUT2D eigenvalue weighted by molar-refractivity contribution is 6.09. The van der Waals surface area contributed by atoms with Crippen molar-refractivity contribution in [1.29, 1.82) is 0 Å². The molecule has 0 bridgehead atoms. The van der Waals surface area contributed by atoms with E-state index in [1.165, 1.54) is 55.6 Å². The van der Waals surface area contributed by atoms with Gasteiger partial charge in [-0.2, -0.15) is 0 Å². The van der Waals surface area contributed by atoms with Crippen molar-refractivity contribution < 1.29 is 4.42 Å². The van der Waals surface area contributed by atoms with E-state index in [0.717, 1.165) is 50.1 Å². The third-order valence-electron chi connectivity index (χ3n) is 12.7. The first-order valence-corrected chi connectivity index (χ1v) is 19.7. The Bertz CT molecular complexity index is 3020. The Balaban J connectivity index is 1.05. The van der Waals surface area contributed by atoms with Crippen LogP contribution in [0.2, 0.25) is 0 Å². The number of para-hydroxylation sites is 2. The van der Waals surface area contributed by atoms with Gasteiger partial charge in [-0.05, 0) is 110 Å². The molecule has 8 aromatic carbocycles. The zero-order valence-corrected chi connectivity index (χ0v) is 32.1. The van der Waals surface area contributed by atoms with E-state index in [1.807, 2.05) is 6.07 Å². The van der Waals surface area contributed by atoms with E-state index >= 15 is 0 Å². The molecular formula is C54H41NO. The van der Waals surface area contributed by atoms with Gasteiger partial charge in [0.1, 0.15) is 11.2 Å². The lowest BCUT2D eigenvalue weighted by Gasteiger charge is -2.30. The molecule has 11 rings (SSSR count). The maximum atomic E-state index is 6.45. The van der Waals surface area contributed by atoms with E-state index in [9.17, 15) is 0 Å². The molecular weight excluding hydrogens is 679 g/mol. The quantitative estimate of drug-likeness (QED) is 0.176. The molecule has 9 aromatic rings. The average molecular weight is 720 g/mol. The van der Waals surface area contributed by atoms with E-state index in [4.69, 9.17) is 4.42 Å². The first kappa shape index (κ1) is 32.8. The second-order valence-corrected chi connectivity index (χ2v) is 16.5. The Morgan fingerprint density at radius 1 is 0.357 bits per heavy atom. The Kier molecular flexibility index (Phi) is 6.98. The van der Waals surface area contributed by atoms with E-state index in [1.54, 1.807) is 0 Å². The van der Waals surface area contributed by atoms with Crippen LogP contribution in [-0.4, -0.2) is 0 Å². The molecule has 0 unspecified atom stereocenters. The van der Waals surface area contributed by atoms with Crippen molar-refractivity contribution >= 4 is 39.0 Å². The highest BCUT2D eigenvalue weighted by Crippen LogP contribution is 2.53. The predicted octanol–water partition coefficient (Wildman–Crippen LogP) is 15.0. The third kappa shape index (κ3) is 4.75. The predicted molar refractivity (Wildman–Crippen MR) is 234 cm³/mol. The summed E-state index contributed by atoms with van der Waals surface area (Å²) in [7, 11) is 0. The summed E-state index contributed by atoms with van der Waals surface area (Å²) in [6.45, 7) is 9.47. The molecule has 1 aromatic heterocycles. The Morgan fingerprint density at radius 2 is 0.875 bits per heavy atom. The number of nitrogens with zero attached hydrogens (tertiary/aromatic N) is 1. The molecule has 2 heteroatoms. The van der Waals surface area contributed by atoms with Crippen LogP contribution in [0.5, 0.6) is 0 Å². The van der Waals surface area contributed by atoms with Crippen molar-refractivity contribution in [2.45, 2.75) is 38.5 Å². The largest absolute Gasteiger partial charge is 0.455 e. The van der Waals surface area contributed by atoms with Crippen LogP contribution < -0.4 is 4.90 Å². The molecule has 2 aliphatic carbocycles. The number of hydrogen-bond donors (Lipinski definition) is 0. The van der Waals surface area contributed by atoms with Crippen LogP contribution in [0.4, 0.5) is 17.1 Å².